The molecule has 144 valence electrons. The highest BCUT2D eigenvalue weighted by molar-refractivity contribution is 7.90. The van der Waals surface area contributed by atoms with Crippen LogP contribution in [0.25, 0.3) is 0 Å². The molecule has 2 rings (SSSR count). The third kappa shape index (κ3) is 8.21. The highest BCUT2D eigenvalue weighted by atomic mass is 32.2. The number of hydrogen-bond donors (Lipinski definition) is 2. The molecule has 0 heterocycles. The zero-order valence-corrected chi connectivity index (χ0v) is 16.6. The highest BCUT2D eigenvalue weighted by Crippen LogP contribution is 2.12. The fourth-order valence-electron chi connectivity index (χ4n) is 1.78. The first kappa shape index (κ1) is 23.9. The summed E-state index contributed by atoms with van der Waals surface area (Å²) < 4.78 is 26.3. The van der Waals surface area contributed by atoms with E-state index >= 15 is 0 Å². The Bertz CT molecular complexity index is 886. The topological polar surface area (TPSA) is 92.3 Å². The second-order valence-corrected chi connectivity index (χ2v) is 7.05. The number of nitrogens with one attached hydrogen (secondary N) is 2. The molecule has 2 aromatic carbocycles. The Morgan fingerprint density at radius 3 is 1.85 bits per heavy atom. The summed E-state index contributed by atoms with van der Waals surface area (Å²) in [4.78, 5) is 21.8. The number of sulfonamides is 1. The molecular formula is C20H24N2O4S. The molecule has 0 bridgehead atoms. The minimum Gasteiger partial charge on any atom is -0.359 e. The average molecular weight is 388 g/mol. The molecule has 0 radical (unpaired) electrons. The first-order valence-corrected chi connectivity index (χ1v) is 9.37. The minimum atomic E-state index is -3.84. The van der Waals surface area contributed by atoms with Crippen LogP contribution in [-0.2, 0) is 14.8 Å². The van der Waals surface area contributed by atoms with Crippen LogP contribution in [0.1, 0.15) is 28.4 Å². The van der Waals surface area contributed by atoms with E-state index in [4.69, 9.17) is 0 Å². The molecule has 0 aliphatic rings. The number of benzene rings is 2. The summed E-state index contributed by atoms with van der Waals surface area (Å²) in [5.41, 5.74) is 2.03. The lowest BCUT2D eigenvalue weighted by molar-refractivity contribution is -0.118. The van der Waals surface area contributed by atoms with Gasteiger partial charge in [0, 0.05) is 19.5 Å². The molecule has 2 amide bonds. The van der Waals surface area contributed by atoms with E-state index in [1.54, 1.807) is 50.4 Å². The van der Waals surface area contributed by atoms with Crippen LogP contribution in [0.5, 0.6) is 0 Å². The predicted octanol–water partition coefficient (Wildman–Crippen LogP) is 2.42. The van der Waals surface area contributed by atoms with Crippen molar-refractivity contribution in [2.45, 2.75) is 25.7 Å². The van der Waals surface area contributed by atoms with Crippen LogP contribution >= 0.6 is 0 Å². The molecule has 0 saturated carbocycles. The Labute approximate surface area is 161 Å². The Morgan fingerprint density at radius 2 is 1.41 bits per heavy atom. The summed E-state index contributed by atoms with van der Waals surface area (Å²) in [7, 11) is -2.24. The highest BCUT2D eigenvalue weighted by Gasteiger charge is 2.19. The first-order valence-electron chi connectivity index (χ1n) is 7.88. The lowest BCUT2D eigenvalue weighted by Crippen LogP contribution is -2.31. The van der Waals surface area contributed by atoms with Crippen molar-refractivity contribution < 1.29 is 18.0 Å². The zero-order valence-electron chi connectivity index (χ0n) is 15.8. The van der Waals surface area contributed by atoms with Gasteiger partial charge < -0.3 is 5.32 Å². The number of carbonyl (C=O) groups excluding carboxylic acids is 2. The lowest BCUT2D eigenvalue weighted by Gasteiger charge is -2.08. The fraction of sp³-hybridized carbons (Fsp3) is 0.200. The van der Waals surface area contributed by atoms with Gasteiger partial charge >= 0.3 is 0 Å². The van der Waals surface area contributed by atoms with E-state index in [-0.39, 0.29) is 10.8 Å². The molecule has 0 aromatic heterocycles. The van der Waals surface area contributed by atoms with Gasteiger partial charge in [0.15, 0.2) is 0 Å². The van der Waals surface area contributed by atoms with Crippen molar-refractivity contribution in [2.75, 3.05) is 7.05 Å². The Balaban J connectivity index is 0.000000838. The largest absolute Gasteiger partial charge is 0.359 e. The van der Waals surface area contributed by atoms with Crippen molar-refractivity contribution in [3.05, 3.63) is 65.2 Å². The summed E-state index contributed by atoms with van der Waals surface area (Å²) in [5, 5.41) is 2.39. The first-order chi connectivity index (χ1) is 12.7. The van der Waals surface area contributed by atoms with Crippen molar-refractivity contribution in [2.24, 2.45) is 0 Å². The normalized spacial score (nSPS) is 9.56. The molecular weight excluding hydrogens is 364 g/mol. The van der Waals surface area contributed by atoms with Gasteiger partial charge in [-0.25, -0.2) is 13.1 Å². The van der Waals surface area contributed by atoms with E-state index in [1.807, 2.05) is 6.92 Å². The molecule has 0 spiro atoms. The van der Waals surface area contributed by atoms with Crippen molar-refractivity contribution >= 4 is 21.8 Å². The average Bonchev–Trinajstić information content (AvgIpc) is 2.64. The van der Waals surface area contributed by atoms with Gasteiger partial charge in [0.2, 0.25) is 5.91 Å². The fourth-order valence-corrected chi connectivity index (χ4v) is 2.75. The van der Waals surface area contributed by atoms with Gasteiger partial charge in [-0.05, 0) is 37.6 Å². The summed E-state index contributed by atoms with van der Waals surface area (Å²) >= 11 is 0. The van der Waals surface area contributed by atoms with Crippen molar-refractivity contribution in [1.29, 1.82) is 0 Å². The standard InChI is InChI=1S/C15H15NO3S.C3H7NO.C2H2/c1-11-7-9-13(10-8-11)20(18,19)16-15(17)14-6-4-3-5-12(14)2;1-3(5)4-2;1-2/h3-10H,1-2H3,(H,16,17);1-2H3,(H,4,5);1-2H. The van der Waals surface area contributed by atoms with E-state index in [0.29, 0.717) is 5.56 Å². The Hall–Kier alpha value is -3.11. The molecule has 0 saturated heterocycles. The summed E-state index contributed by atoms with van der Waals surface area (Å²) in [6.07, 6.45) is 8.00. The van der Waals surface area contributed by atoms with Gasteiger partial charge in [-0.3, -0.25) is 9.59 Å². The molecule has 6 nitrogen and oxygen atoms in total. The molecule has 0 aliphatic heterocycles. The molecule has 0 aliphatic carbocycles. The zero-order chi connectivity index (χ0) is 21.0. The minimum absolute atomic E-state index is 0.00463. The molecule has 2 aromatic rings. The SMILES string of the molecule is C#C.CNC(C)=O.Cc1ccc(S(=O)(=O)NC(=O)c2ccccc2C)cc1. The summed E-state index contributed by atoms with van der Waals surface area (Å²) in [6, 6.07) is 13.2. The van der Waals surface area contributed by atoms with Crippen LogP contribution in [0.3, 0.4) is 0 Å². The van der Waals surface area contributed by atoms with Gasteiger partial charge in [-0.2, -0.15) is 0 Å². The predicted molar refractivity (Wildman–Crippen MR) is 107 cm³/mol. The number of terminal acetylenes is 1. The van der Waals surface area contributed by atoms with Crippen molar-refractivity contribution in [1.82, 2.24) is 10.0 Å². The maximum Gasteiger partial charge on any atom is 0.265 e. The second kappa shape index (κ2) is 11.5. The molecule has 7 heteroatoms. The maximum atomic E-state index is 12.1. The van der Waals surface area contributed by atoms with Gasteiger partial charge in [-0.15, -0.1) is 12.8 Å². The number of carbonyl (C=O) groups is 2. The molecule has 0 fully saturated rings. The number of aryl methyl sites for hydroxylation is 2. The number of rotatable bonds is 3. The van der Waals surface area contributed by atoms with E-state index < -0.39 is 15.9 Å². The second-order valence-electron chi connectivity index (χ2n) is 5.37. The monoisotopic (exact) mass is 388 g/mol. The summed E-state index contributed by atoms with van der Waals surface area (Å²) in [5.74, 6) is -0.617. The smallest absolute Gasteiger partial charge is 0.265 e. The van der Waals surface area contributed by atoms with Crippen molar-refractivity contribution in [3.63, 3.8) is 0 Å². The van der Waals surface area contributed by atoms with Crippen LogP contribution in [0.2, 0.25) is 0 Å². The van der Waals surface area contributed by atoms with Crippen LogP contribution < -0.4 is 10.0 Å². The van der Waals surface area contributed by atoms with E-state index in [0.717, 1.165) is 11.1 Å². The van der Waals surface area contributed by atoms with Gasteiger partial charge in [0.25, 0.3) is 15.9 Å². The van der Waals surface area contributed by atoms with Crippen LogP contribution in [0.4, 0.5) is 0 Å². The van der Waals surface area contributed by atoms with Gasteiger partial charge in [0.05, 0.1) is 4.90 Å². The van der Waals surface area contributed by atoms with E-state index in [9.17, 15) is 18.0 Å². The third-order valence-corrected chi connectivity index (χ3v) is 4.65. The number of amides is 2. The lowest BCUT2D eigenvalue weighted by atomic mass is 10.1. The molecule has 0 atom stereocenters. The Kier molecular flexibility index (Phi) is 10.2. The molecule has 27 heavy (non-hydrogen) atoms. The van der Waals surface area contributed by atoms with Gasteiger partial charge in [0.1, 0.15) is 0 Å². The van der Waals surface area contributed by atoms with Crippen LogP contribution in [-0.4, -0.2) is 27.3 Å². The molecule has 2 N–H and O–H groups in total. The van der Waals surface area contributed by atoms with Crippen LogP contribution in [0.15, 0.2) is 53.4 Å². The van der Waals surface area contributed by atoms with E-state index in [1.165, 1.54) is 19.1 Å². The Morgan fingerprint density at radius 1 is 0.926 bits per heavy atom. The molecule has 0 unspecified atom stereocenters. The van der Waals surface area contributed by atoms with Crippen LogP contribution in [0, 0.1) is 26.7 Å². The third-order valence-electron chi connectivity index (χ3n) is 3.30. The summed E-state index contributed by atoms with van der Waals surface area (Å²) in [6.45, 7) is 5.09. The van der Waals surface area contributed by atoms with Gasteiger partial charge in [-0.1, -0.05) is 35.9 Å². The maximum absolute atomic E-state index is 12.1. The number of hydrogen-bond acceptors (Lipinski definition) is 4. The quantitative estimate of drug-likeness (QED) is 0.790. The van der Waals surface area contributed by atoms with Crippen molar-refractivity contribution in [3.8, 4) is 12.8 Å². The van der Waals surface area contributed by atoms with E-state index in [2.05, 4.69) is 22.9 Å².